The lowest BCUT2D eigenvalue weighted by Crippen LogP contribution is -2.33. The van der Waals surface area contributed by atoms with Gasteiger partial charge in [-0.2, -0.15) is 0 Å². The summed E-state index contributed by atoms with van der Waals surface area (Å²) in [7, 11) is 3.93. The molecule has 0 spiro atoms. The van der Waals surface area contributed by atoms with Crippen molar-refractivity contribution in [1.29, 1.82) is 0 Å². The van der Waals surface area contributed by atoms with Gasteiger partial charge in [0, 0.05) is 19.3 Å². The highest BCUT2D eigenvalue weighted by Gasteiger charge is 2.18. The molecule has 110 valence electrons. The fraction of sp³-hybridized carbons (Fsp3) is 0.438. The fourth-order valence-electron chi connectivity index (χ4n) is 3.19. The molecule has 3 rings (SSSR count). The van der Waals surface area contributed by atoms with E-state index in [1.807, 2.05) is 49.9 Å². The number of likely N-dealkylation sites (tertiary alicyclic amines) is 1. The molecule has 1 aliphatic rings. The summed E-state index contributed by atoms with van der Waals surface area (Å²) in [4.78, 5) is 15.0. The van der Waals surface area contributed by atoms with Crippen LogP contribution in [0.3, 0.4) is 0 Å². The first-order valence-corrected chi connectivity index (χ1v) is 7.74. The van der Waals surface area contributed by atoms with Gasteiger partial charge in [-0.25, -0.2) is 4.68 Å². The molecule has 0 radical (unpaired) electrons. The second-order valence-corrected chi connectivity index (χ2v) is 5.88. The van der Waals surface area contributed by atoms with Gasteiger partial charge in [0.25, 0.3) is 5.56 Å². The van der Waals surface area contributed by atoms with Gasteiger partial charge in [-0.1, -0.05) is 24.6 Å². The maximum Gasteiger partial charge on any atom is 0.265 e. The van der Waals surface area contributed by atoms with E-state index in [1.54, 1.807) is 4.68 Å². The minimum Gasteiger partial charge on any atom is -0.298 e. The number of piperidine rings is 1. The molecule has 1 fully saturated rings. The Morgan fingerprint density at radius 3 is 2.43 bits per heavy atom. The zero-order valence-corrected chi connectivity index (χ0v) is 12.9. The predicted octanol–water partition coefficient (Wildman–Crippen LogP) is 0.420. The largest absolute Gasteiger partial charge is 0.298 e. The Morgan fingerprint density at radius 1 is 1.10 bits per heavy atom. The minimum absolute atomic E-state index is 0.0932. The lowest BCUT2D eigenvalue weighted by atomic mass is 9.96. The molecule has 5 heteroatoms. The van der Waals surface area contributed by atoms with Crippen LogP contribution in [0.5, 0.6) is 0 Å². The summed E-state index contributed by atoms with van der Waals surface area (Å²) < 4.78 is 3.79. The molecule has 0 aliphatic carbocycles. The minimum atomic E-state index is 0.0932. The highest BCUT2D eigenvalue weighted by Crippen LogP contribution is 2.12. The van der Waals surface area contributed by atoms with Gasteiger partial charge < -0.3 is 0 Å². The fourth-order valence-corrected chi connectivity index (χ4v) is 3.19. The molecule has 0 unspecified atom stereocenters. The van der Waals surface area contributed by atoms with Crippen LogP contribution in [0.4, 0.5) is 0 Å². The summed E-state index contributed by atoms with van der Waals surface area (Å²) >= 11 is 0. The monoisotopic (exact) mass is 283 g/mol. The van der Waals surface area contributed by atoms with Crippen molar-refractivity contribution in [1.82, 2.24) is 14.3 Å². The molecule has 2 aromatic rings. The van der Waals surface area contributed by atoms with Crippen molar-refractivity contribution in [2.75, 3.05) is 13.1 Å². The Labute approximate surface area is 126 Å². The molecular weight excluding hydrogens is 261 g/mol. The van der Waals surface area contributed by atoms with E-state index in [4.69, 9.17) is 0 Å². The topological polar surface area (TPSA) is 30.2 Å². The van der Waals surface area contributed by atoms with E-state index in [1.165, 1.54) is 19.3 Å². The highest BCUT2D eigenvalue weighted by molar-refractivity contribution is 6.32. The van der Waals surface area contributed by atoms with Crippen LogP contribution in [-0.4, -0.2) is 35.2 Å². The third-order valence-electron chi connectivity index (χ3n) is 4.46. The second-order valence-electron chi connectivity index (χ2n) is 5.88. The summed E-state index contributed by atoms with van der Waals surface area (Å²) in [5, 5.41) is 0. The SMILES string of the molecule is Bc1c(CN2CCCCC2)n(C)n(-c2ccccc2)c1=O. The molecule has 2 heterocycles. The summed E-state index contributed by atoms with van der Waals surface area (Å²) in [6.07, 6.45) is 3.87. The zero-order valence-electron chi connectivity index (χ0n) is 12.9. The van der Waals surface area contributed by atoms with Crippen molar-refractivity contribution in [3.63, 3.8) is 0 Å². The first-order chi connectivity index (χ1) is 10.2. The van der Waals surface area contributed by atoms with Crippen molar-refractivity contribution in [2.24, 2.45) is 7.05 Å². The number of benzene rings is 1. The third-order valence-corrected chi connectivity index (χ3v) is 4.46. The van der Waals surface area contributed by atoms with E-state index >= 15 is 0 Å². The Bertz CT molecular complexity index is 669. The van der Waals surface area contributed by atoms with E-state index < -0.39 is 0 Å². The first kappa shape index (κ1) is 14.2. The molecule has 1 aromatic carbocycles. The first-order valence-electron chi connectivity index (χ1n) is 7.74. The van der Waals surface area contributed by atoms with E-state index in [9.17, 15) is 4.79 Å². The highest BCUT2D eigenvalue weighted by atomic mass is 16.1. The Hall–Kier alpha value is -1.75. The van der Waals surface area contributed by atoms with Crippen molar-refractivity contribution in [3.8, 4) is 5.69 Å². The third kappa shape index (κ3) is 2.70. The van der Waals surface area contributed by atoms with Crippen LogP contribution >= 0.6 is 0 Å². The van der Waals surface area contributed by atoms with Gasteiger partial charge in [0.1, 0.15) is 7.85 Å². The predicted molar refractivity (Wildman–Crippen MR) is 88.3 cm³/mol. The van der Waals surface area contributed by atoms with Gasteiger partial charge in [0.05, 0.1) is 5.69 Å². The molecule has 1 aromatic heterocycles. The number of aromatic nitrogens is 2. The molecule has 4 nitrogen and oxygen atoms in total. The van der Waals surface area contributed by atoms with E-state index in [2.05, 4.69) is 4.90 Å². The molecule has 0 bridgehead atoms. The van der Waals surface area contributed by atoms with Gasteiger partial charge in [0.15, 0.2) is 0 Å². The molecular formula is C16H22BN3O. The molecule has 0 saturated carbocycles. The van der Waals surface area contributed by atoms with Gasteiger partial charge in [-0.15, -0.1) is 0 Å². The van der Waals surface area contributed by atoms with E-state index in [0.717, 1.165) is 36.5 Å². The maximum absolute atomic E-state index is 12.6. The molecule has 21 heavy (non-hydrogen) atoms. The van der Waals surface area contributed by atoms with Crippen LogP contribution in [0.25, 0.3) is 5.69 Å². The van der Waals surface area contributed by atoms with Gasteiger partial charge in [-0.05, 0) is 43.5 Å². The lowest BCUT2D eigenvalue weighted by molar-refractivity contribution is 0.215. The molecule has 0 atom stereocenters. The Morgan fingerprint density at radius 2 is 1.76 bits per heavy atom. The Kier molecular flexibility index (Phi) is 4.02. The average Bonchev–Trinajstić information content (AvgIpc) is 2.73. The number of nitrogens with zero attached hydrogens (tertiary/aromatic N) is 3. The van der Waals surface area contributed by atoms with Crippen LogP contribution in [0.15, 0.2) is 35.1 Å². The zero-order chi connectivity index (χ0) is 14.8. The van der Waals surface area contributed by atoms with Gasteiger partial charge >= 0.3 is 0 Å². The van der Waals surface area contributed by atoms with Crippen molar-refractivity contribution in [2.45, 2.75) is 25.8 Å². The summed E-state index contributed by atoms with van der Waals surface area (Å²) in [5.74, 6) is 0. The second kappa shape index (κ2) is 5.94. The normalized spacial score (nSPS) is 16.2. The van der Waals surface area contributed by atoms with E-state index in [-0.39, 0.29) is 5.56 Å². The average molecular weight is 283 g/mol. The molecule has 1 saturated heterocycles. The smallest absolute Gasteiger partial charge is 0.265 e. The maximum atomic E-state index is 12.6. The number of para-hydroxylation sites is 1. The molecule has 0 amide bonds. The lowest BCUT2D eigenvalue weighted by Gasteiger charge is -2.26. The standard InChI is InChI=1S/C16H22BN3O/c1-18-14(12-19-10-6-3-7-11-19)15(17)16(21)20(18)13-8-4-2-5-9-13/h2,4-5,8-9H,3,6-7,10-12,17H2,1H3. The van der Waals surface area contributed by atoms with Crippen LogP contribution < -0.4 is 11.0 Å². The van der Waals surface area contributed by atoms with E-state index in [0.29, 0.717) is 0 Å². The van der Waals surface area contributed by atoms with Crippen LogP contribution in [0.2, 0.25) is 0 Å². The van der Waals surface area contributed by atoms with Crippen molar-refractivity contribution in [3.05, 3.63) is 46.4 Å². The summed E-state index contributed by atoms with van der Waals surface area (Å²) in [6.45, 7) is 3.16. The summed E-state index contributed by atoms with van der Waals surface area (Å²) in [5.41, 5.74) is 3.02. The van der Waals surface area contributed by atoms with Crippen molar-refractivity contribution >= 4 is 13.3 Å². The van der Waals surface area contributed by atoms with Crippen LogP contribution in [-0.2, 0) is 13.6 Å². The molecule has 1 aliphatic heterocycles. The summed E-state index contributed by atoms with van der Waals surface area (Å²) in [6, 6.07) is 9.86. The van der Waals surface area contributed by atoms with Crippen LogP contribution in [0, 0.1) is 0 Å². The number of hydrogen-bond donors (Lipinski definition) is 0. The van der Waals surface area contributed by atoms with Crippen LogP contribution in [0.1, 0.15) is 25.0 Å². The Balaban J connectivity index is 1.97. The number of hydrogen-bond acceptors (Lipinski definition) is 2. The number of rotatable bonds is 3. The van der Waals surface area contributed by atoms with Crippen molar-refractivity contribution < 1.29 is 0 Å². The quantitative estimate of drug-likeness (QED) is 0.764. The molecule has 0 N–H and O–H groups in total. The van der Waals surface area contributed by atoms with Gasteiger partial charge in [0.2, 0.25) is 0 Å². The van der Waals surface area contributed by atoms with Gasteiger partial charge in [-0.3, -0.25) is 14.4 Å².